The second kappa shape index (κ2) is 3.84. The van der Waals surface area contributed by atoms with Crippen molar-refractivity contribution in [1.82, 2.24) is 5.32 Å². The van der Waals surface area contributed by atoms with E-state index in [2.05, 4.69) is 32.7 Å². The fourth-order valence-corrected chi connectivity index (χ4v) is 3.50. The molecule has 1 N–H and O–H groups in total. The highest BCUT2D eigenvalue weighted by Crippen LogP contribution is 2.37. The van der Waals surface area contributed by atoms with Crippen molar-refractivity contribution in [2.24, 2.45) is 0 Å². The molecule has 15 heavy (non-hydrogen) atoms. The van der Waals surface area contributed by atoms with Crippen LogP contribution in [0.3, 0.4) is 0 Å². The van der Waals surface area contributed by atoms with Crippen LogP contribution in [0.2, 0.25) is 0 Å². The lowest BCUT2D eigenvalue weighted by molar-refractivity contribution is -0.0573. The predicted molar refractivity (Wildman–Crippen MR) is 65.5 cm³/mol. The van der Waals surface area contributed by atoms with Crippen LogP contribution in [0.15, 0.2) is 15.9 Å². The summed E-state index contributed by atoms with van der Waals surface area (Å²) >= 11 is 5.36. The van der Waals surface area contributed by atoms with Crippen LogP contribution in [0.5, 0.6) is 0 Å². The fourth-order valence-electron chi connectivity index (χ4n) is 1.90. The summed E-state index contributed by atoms with van der Waals surface area (Å²) in [5.74, 6) is 0. The van der Waals surface area contributed by atoms with Crippen molar-refractivity contribution in [3.05, 3.63) is 20.8 Å². The molecule has 2 heterocycles. The maximum absolute atomic E-state index is 5.41. The van der Waals surface area contributed by atoms with E-state index in [4.69, 9.17) is 4.74 Å². The molecule has 1 aromatic heterocycles. The number of hydrogen-bond acceptors (Lipinski definition) is 3. The number of halogens is 1. The molecule has 0 unspecified atom stereocenters. The summed E-state index contributed by atoms with van der Waals surface area (Å²) in [6.07, 6.45) is 2.70. The normalized spacial score (nSPS) is 23.8. The molecule has 2 fully saturated rings. The van der Waals surface area contributed by atoms with Crippen molar-refractivity contribution in [2.75, 3.05) is 19.8 Å². The van der Waals surface area contributed by atoms with Crippen LogP contribution in [-0.4, -0.2) is 25.8 Å². The van der Waals surface area contributed by atoms with Crippen molar-refractivity contribution >= 4 is 27.3 Å². The summed E-state index contributed by atoms with van der Waals surface area (Å²) in [4.78, 5) is 1.45. The highest BCUT2D eigenvalue weighted by Gasteiger charge is 2.42. The van der Waals surface area contributed by atoms with Crippen LogP contribution < -0.4 is 5.32 Å². The Morgan fingerprint density at radius 1 is 1.53 bits per heavy atom. The molecule has 82 valence electrons. The summed E-state index contributed by atoms with van der Waals surface area (Å²) in [6, 6.07) is 3.02. The maximum atomic E-state index is 5.41. The molecule has 2 nitrogen and oxygen atoms in total. The summed E-state index contributed by atoms with van der Waals surface area (Å²) in [5.41, 5.74) is 0.263. The molecule has 0 atom stereocenters. The Balaban J connectivity index is 1.72. The molecule has 0 bridgehead atoms. The molecule has 1 saturated heterocycles. The van der Waals surface area contributed by atoms with Crippen molar-refractivity contribution < 1.29 is 4.74 Å². The van der Waals surface area contributed by atoms with E-state index in [1.165, 1.54) is 22.2 Å². The minimum Gasteiger partial charge on any atom is -0.379 e. The second-order valence-electron chi connectivity index (χ2n) is 4.56. The van der Waals surface area contributed by atoms with E-state index in [9.17, 15) is 0 Å². The standard InChI is InChI=1S/C11H14BrNOS/c12-8-3-10(15-4-8)11(6-14-7-11)5-13-9-1-2-9/h3-4,9,13H,1-2,5-7H2. The molecule has 3 rings (SSSR count). The van der Waals surface area contributed by atoms with Crippen LogP contribution in [-0.2, 0) is 10.2 Å². The van der Waals surface area contributed by atoms with Gasteiger partial charge in [-0.15, -0.1) is 11.3 Å². The molecule has 0 radical (unpaired) electrons. The van der Waals surface area contributed by atoms with E-state index < -0.39 is 0 Å². The van der Waals surface area contributed by atoms with Gasteiger partial charge in [0.1, 0.15) is 0 Å². The average Bonchev–Trinajstić information content (AvgIpc) is 2.88. The average molecular weight is 288 g/mol. The minimum atomic E-state index is 0.263. The monoisotopic (exact) mass is 287 g/mol. The van der Waals surface area contributed by atoms with E-state index in [0.717, 1.165) is 25.8 Å². The maximum Gasteiger partial charge on any atom is 0.0638 e. The largest absolute Gasteiger partial charge is 0.379 e. The summed E-state index contributed by atoms with van der Waals surface area (Å²) < 4.78 is 6.60. The van der Waals surface area contributed by atoms with Gasteiger partial charge in [0.2, 0.25) is 0 Å². The molecule has 1 aliphatic carbocycles. The molecule has 1 aromatic rings. The third-order valence-electron chi connectivity index (χ3n) is 3.15. The van der Waals surface area contributed by atoms with Gasteiger partial charge in [0, 0.05) is 27.3 Å². The summed E-state index contributed by atoms with van der Waals surface area (Å²) in [6.45, 7) is 2.82. The number of rotatable bonds is 4. The number of hydrogen-bond donors (Lipinski definition) is 1. The lowest BCUT2D eigenvalue weighted by atomic mass is 9.84. The van der Waals surface area contributed by atoms with Gasteiger partial charge in [0.25, 0.3) is 0 Å². The van der Waals surface area contributed by atoms with E-state index in [1.807, 2.05) is 11.3 Å². The predicted octanol–water partition coefficient (Wildman–Crippen LogP) is 2.53. The topological polar surface area (TPSA) is 21.3 Å². The van der Waals surface area contributed by atoms with Gasteiger partial charge in [-0.3, -0.25) is 0 Å². The van der Waals surface area contributed by atoms with Gasteiger partial charge in [-0.05, 0) is 34.8 Å². The van der Waals surface area contributed by atoms with Crippen molar-refractivity contribution in [2.45, 2.75) is 24.3 Å². The third kappa shape index (κ3) is 2.00. The van der Waals surface area contributed by atoms with Crippen LogP contribution >= 0.6 is 27.3 Å². The Labute approximate surface area is 102 Å². The summed E-state index contributed by atoms with van der Waals surface area (Å²) in [5, 5.41) is 5.78. The van der Waals surface area contributed by atoms with Gasteiger partial charge in [-0.1, -0.05) is 0 Å². The first-order valence-corrected chi connectivity index (χ1v) is 7.01. The number of ether oxygens (including phenoxy) is 1. The van der Waals surface area contributed by atoms with E-state index in [1.54, 1.807) is 0 Å². The minimum absolute atomic E-state index is 0.263. The molecular formula is C11H14BrNOS. The van der Waals surface area contributed by atoms with Gasteiger partial charge in [-0.25, -0.2) is 0 Å². The van der Waals surface area contributed by atoms with Crippen LogP contribution in [0.4, 0.5) is 0 Å². The van der Waals surface area contributed by atoms with Crippen LogP contribution in [0.1, 0.15) is 17.7 Å². The lowest BCUT2D eigenvalue weighted by Gasteiger charge is -2.41. The van der Waals surface area contributed by atoms with Gasteiger partial charge < -0.3 is 10.1 Å². The quantitative estimate of drug-likeness (QED) is 0.919. The van der Waals surface area contributed by atoms with Gasteiger partial charge >= 0.3 is 0 Å². The molecule has 1 saturated carbocycles. The smallest absolute Gasteiger partial charge is 0.0638 e. The third-order valence-corrected chi connectivity index (χ3v) is 5.09. The lowest BCUT2D eigenvalue weighted by Crippen LogP contribution is -2.53. The van der Waals surface area contributed by atoms with Crippen LogP contribution in [0, 0.1) is 0 Å². The zero-order valence-corrected chi connectivity index (χ0v) is 10.9. The highest BCUT2D eigenvalue weighted by atomic mass is 79.9. The molecule has 0 aromatic carbocycles. The van der Waals surface area contributed by atoms with E-state index >= 15 is 0 Å². The van der Waals surface area contributed by atoms with Crippen molar-refractivity contribution in [1.29, 1.82) is 0 Å². The molecule has 4 heteroatoms. The van der Waals surface area contributed by atoms with Crippen LogP contribution in [0.25, 0.3) is 0 Å². The zero-order valence-electron chi connectivity index (χ0n) is 8.46. The first kappa shape index (κ1) is 10.3. The fraction of sp³-hybridized carbons (Fsp3) is 0.636. The van der Waals surface area contributed by atoms with E-state index in [-0.39, 0.29) is 5.41 Å². The van der Waals surface area contributed by atoms with Crippen molar-refractivity contribution in [3.8, 4) is 0 Å². The van der Waals surface area contributed by atoms with Gasteiger partial charge in [-0.2, -0.15) is 0 Å². The second-order valence-corrected chi connectivity index (χ2v) is 6.38. The Kier molecular flexibility index (Phi) is 2.63. The Morgan fingerprint density at radius 2 is 2.33 bits per heavy atom. The molecular weight excluding hydrogens is 274 g/mol. The molecule has 0 amide bonds. The molecule has 0 spiro atoms. The van der Waals surface area contributed by atoms with Crippen molar-refractivity contribution in [3.63, 3.8) is 0 Å². The van der Waals surface area contributed by atoms with E-state index in [0.29, 0.717) is 0 Å². The summed E-state index contributed by atoms with van der Waals surface area (Å²) in [7, 11) is 0. The van der Waals surface area contributed by atoms with Gasteiger partial charge in [0.05, 0.1) is 18.6 Å². The SMILES string of the molecule is Brc1csc(C2(CNC3CC3)COC2)c1. The zero-order chi connectivity index (χ0) is 10.3. The molecule has 1 aliphatic heterocycles. The number of thiophene rings is 1. The first-order valence-electron chi connectivity index (χ1n) is 5.34. The first-order chi connectivity index (χ1) is 7.28. The highest BCUT2D eigenvalue weighted by molar-refractivity contribution is 9.10. The molecule has 2 aliphatic rings. The number of nitrogens with one attached hydrogen (secondary N) is 1. The Hall–Kier alpha value is 0.1000. The Bertz CT molecular complexity index is 357. The Morgan fingerprint density at radius 3 is 2.80 bits per heavy atom. The van der Waals surface area contributed by atoms with Gasteiger partial charge in [0.15, 0.2) is 0 Å².